The Balaban J connectivity index is 2.06. The lowest BCUT2D eigenvalue weighted by atomic mass is 10.1. The van der Waals surface area contributed by atoms with Gasteiger partial charge in [0.15, 0.2) is 0 Å². The first-order valence-corrected chi connectivity index (χ1v) is 8.41. The van der Waals surface area contributed by atoms with E-state index in [1.165, 1.54) is 4.31 Å². The molecular weight excluding hydrogens is 296 g/mol. The van der Waals surface area contributed by atoms with Crippen LogP contribution in [0.3, 0.4) is 0 Å². The molecule has 1 fully saturated rings. The highest BCUT2D eigenvalue weighted by Crippen LogP contribution is 2.21. The van der Waals surface area contributed by atoms with Crippen molar-refractivity contribution in [3.63, 3.8) is 0 Å². The van der Waals surface area contributed by atoms with Crippen LogP contribution in [0.25, 0.3) is 0 Å². The summed E-state index contributed by atoms with van der Waals surface area (Å²) in [4.78, 5) is 0.296. The minimum atomic E-state index is -3.33. The Labute approximate surface area is 124 Å². The monoisotopic (exact) mass is 314 g/mol. The van der Waals surface area contributed by atoms with Crippen LogP contribution in [0.5, 0.6) is 0 Å². The summed E-state index contributed by atoms with van der Waals surface area (Å²) < 4.78 is 26.0. The zero-order valence-electron chi connectivity index (χ0n) is 11.0. The molecule has 0 aromatic heterocycles. The van der Waals surface area contributed by atoms with E-state index in [1.807, 2.05) is 0 Å². The molecule has 1 saturated heterocycles. The molecule has 1 heterocycles. The van der Waals surface area contributed by atoms with Gasteiger partial charge in [0, 0.05) is 25.3 Å². The van der Waals surface area contributed by atoms with E-state index in [0.717, 1.165) is 12.0 Å². The van der Waals surface area contributed by atoms with Crippen LogP contribution in [0.4, 0.5) is 0 Å². The first kappa shape index (κ1) is 15.4. The van der Waals surface area contributed by atoms with Gasteiger partial charge in [-0.05, 0) is 17.9 Å². The number of aliphatic hydroxyl groups excluding tert-OH is 1. The van der Waals surface area contributed by atoms with E-state index < -0.39 is 10.0 Å². The molecule has 0 saturated carbocycles. The smallest absolute Gasteiger partial charge is 0.218 e. The molecule has 1 aromatic carbocycles. The van der Waals surface area contributed by atoms with Crippen molar-refractivity contribution in [3.05, 3.63) is 35.4 Å². The van der Waals surface area contributed by atoms with Gasteiger partial charge in [0.1, 0.15) is 4.99 Å². The van der Waals surface area contributed by atoms with Crippen molar-refractivity contribution in [2.75, 3.05) is 19.7 Å². The van der Waals surface area contributed by atoms with E-state index in [1.54, 1.807) is 24.3 Å². The molecule has 110 valence electrons. The fourth-order valence-electron chi connectivity index (χ4n) is 2.27. The van der Waals surface area contributed by atoms with Crippen LogP contribution in [0, 0.1) is 5.92 Å². The van der Waals surface area contributed by atoms with Crippen molar-refractivity contribution in [1.82, 2.24) is 4.31 Å². The molecule has 1 aromatic rings. The van der Waals surface area contributed by atoms with Gasteiger partial charge in [0.2, 0.25) is 10.0 Å². The quantitative estimate of drug-likeness (QED) is 0.772. The van der Waals surface area contributed by atoms with E-state index in [4.69, 9.17) is 23.1 Å². The highest BCUT2D eigenvalue weighted by molar-refractivity contribution is 7.88. The summed E-state index contributed by atoms with van der Waals surface area (Å²) in [5.74, 6) is 0.0183. The maximum absolute atomic E-state index is 12.3. The van der Waals surface area contributed by atoms with Crippen LogP contribution in [0.1, 0.15) is 17.5 Å². The lowest BCUT2D eigenvalue weighted by molar-refractivity contribution is 0.233. The van der Waals surface area contributed by atoms with Gasteiger partial charge in [-0.25, -0.2) is 12.7 Å². The number of thiocarbonyl (C=S) groups is 1. The zero-order valence-corrected chi connectivity index (χ0v) is 12.7. The number of hydrogen-bond acceptors (Lipinski definition) is 4. The minimum absolute atomic E-state index is 0.0364. The number of nitrogens with zero attached hydrogens (tertiary/aromatic N) is 1. The predicted molar refractivity (Wildman–Crippen MR) is 81.7 cm³/mol. The predicted octanol–water partition coefficient (Wildman–Crippen LogP) is 0.465. The Bertz CT molecular complexity index is 584. The first-order chi connectivity index (χ1) is 9.42. The fraction of sp³-hybridized carbons (Fsp3) is 0.462. The van der Waals surface area contributed by atoms with Gasteiger partial charge in [0.25, 0.3) is 0 Å². The molecule has 1 aliphatic heterocycles. The van der Waals surface area contributed by atoms with E-state index in [9.17, 15) is 8.42 Å². The van der Waals surface area contributed by atoms with Gasteiger partial charge in [-0.2, -0.15) is 0 Å². The normalized spacial score (nSPS) is 20.1. The molecule has 0 amide bonds. The zero-order chi connectivity index (χ0) is 14.8. The highest BCUT2D eigenvalue weighted by atomic mass is 32.2. The summed E-state index contributed by atoms with van der Waals surface area (Å²) >= 11 is 4.86. The summed E-state index contributed by atoms with van der Waals surface area (Å²) in [6, 6.07) is 6.92. The average Bonchev–Trinajstić information content (AvgIpc) is 2.88. The molecule has 7 heteroatoms. The Morgan fingerprint density at radius 1 is 1.40 bits per heavy atom. The third-order valence-electron chi connectivity index (χ3n) is 3.49. The Kier molecular flexibility index (Phi) is 4.74. The van der Waals surface area contributed by atoms with Gasteiger partial charge in [-0.1, -0.05) is 36.5 Å². The van der Waals surface area contributed by atoms with E-state index in [0.29, 0.717) is 23.6 Å². The Morgan fingerprint density at radius 3 is 2.55 bits per heavy atom. The number of aliphatic hydroxyl groups is 1. The second-order valence-electron chi connectivity index (χ2n) is 5.01. The van der Waals surface area contributed by atoms with Gasteiger partial charge in [-0.3, -0.25) is 0 Å². The van der Waals surface area contributed by atoms with Crippen molar-refractivity contribution in [3.8, 4) is 0 Å². The Morgan fingerprint density at radius 2 is 2.05 bits per heavy atom. The molecule has 1 unspecified atom stereocenters. The van der Waals surface area contributed by atoms with Crippen LogP contribution in [0.2, 0.25) is 0 Å². The number of nitrogens with two attached hydrogens (primary N) is 1. The molecule has 0 bridgehead atoms. The number of hydrogen-bond donors (Lipinski definition) is 2. The van der Waals surface area contributed by atoms with Crippen LogP contribution in [-0.2, 0) is 15.8 Å². The first-order valence-electron chi connectivity index (χ1n) is 6.40. The maximum Gasteiger partial charge on any atom is 0.218 e. The minimum Gasteiger partial charge on any atom is -0.396 e. The van der Waals surface area contributed by atoms with Gasteiger partial charge in [-0.15, -0.1) is 0 Å². The maximum atomic E-state index is 12.3. The molecule has 0 spiro atoms. The molecule has 1 aliphatic rings. The number of sulfonamides is 1. The SMILES string of the molecule is NC(=S)c1ccc(CS(=O)(=O)N2CCC(CO)C2)cc1. The van der Waals surface area contributed by atoms with E-state index in [-0.39, 0.29) is 18.3 Å². The van der Waals surface area contributed by atoms with Crippen molar-refractivity contribution in [2.24, 2.45) is 11.7 Å². The molecule has 1 atom stereocenters. The van der Waals surface area contributed by atoms with Crippen molar-refractivity contribution >= 4 is 27.2 Å². The molecule has 0 radical (unpaired) electrons. The number of rotatable bonds is 5. The van der Waals surface area contributed by atoms with Gasteiger partial charge >= 0.3 is 0 Å². The molecule has 2 rings (SSSR count). The van der Waals surface area contributed by atoms with Crippen LogP contribution < -0.4 is 5.73 Å². The molecule has 3 N–H and O–H groups in total. The molecule has 20 heavy (non-hydrogen) atoms. The highest BCUT2D eigenvalue weighted by Gasteiger charge is 2.30. The Hall–Kier alpha value is -1.02. The summed E-state index contributed by atoms with van der Waals surface area (Å²) in [6.07, 6.45) is 0.718. The average molecular weight is 314 g/mol. The topological polar surface area (TPSA) is 83.6 Å². The molecule has 5 nitrogen and oxygen atoms in total. The fourth-order valence-corrected chi connectivity index (χ4v) is 4.02. The van der Waals surface area contributed by atoms with Gasteiger partial charge in [0.05, 0.1) is 5.75 Å². The standard InChI is InChI=1S/C13H18N2O3S2/c14-13(19)12-3-1-10(2-4-12)9-20(17,18)15-6-5-11(7-15)8-16/h1-4,11,16H,5-9H2,(H2,14,19). The molecule has 0 aliphatic carbocycles. The third-order valence-corrected chi connectivity index (χ3v) is 5.54. The third kappa shape index (κ3) is 3.54. The molecular formula is C13H18N2O3S2. The largest absolute Gasteiger partial charge is 0.396 e. The summed E-state index contributed by atoms with van der Waals surface area (Å²) in [5.41, 5.74) is 6.93. The van der Waals surface area contributed by atoms with Crippen LogP contribution >= 0.6 is 12.2 Å². The lowest BCUT2D eigenvalue weighted by Gasteiger charge is -2.16. The van der Waals surface area contributed by atoms with E-state index in [2.05, 4.69) is 0 Å². The van der Waals surface area contributed by atoms with Crippen LogP contribution in [0.15, 0.2) is 24.3 Å². The second kappa shape index (κ2) is 6.17. The second-order valence-corrected chi connectivity index (χ2v) is 7.42. The summed E-state index contributed by atoms with van der Waals surface area (Å²) in [5, 5.41) is 9.08. The van der Waals surface area contributed by atoms with Crippen LogP contribution in [-0.4, -0.2) is 42.5 Å². The number of benzene rings is 1. The van der Waals surface area contributed by atoms with E-state index >= 15 is 0 Å². The van der Waals surface area contributed by atoms with Crippen molar-refractivity contribution < 1.29 is 13.5 Å². The van der Waals surface area contributed by atoms with Gasteiger partial charge < -0.3 is 10.8 Å². The summed E-state index contributed by atoms with van der Waals surface area (Å²) in [7, 11) is -3.33. The summed E-state index contributed by atoms with van der Waals surface area (Å²) in [6.45, 7) is 0.928. The van der Waals surface area contributed by atoms with Crippen molar-refractivity contribution in [2.45, 2.75) is 12.2 Å². The lowest BCUT2D eigenvalue weighted by Crippen LogP contribution is -2.30. The van der Waals surface area contributed by atoms with Crippen molar-refractivity contribution in [1.29, 1.82) is 0 Å².